The predicted octanol–water partition coefficient (Wildman–Crippen LogP) is 1.63. The Labute approximate surface area is 98.0 Å². The molecule has 2 rings (SSSR count). The number of rotatable bonds is 1. The molecule has 0 fully saturated rings. The van der Waals surface area contributed by atoms with Gasteiger partial charge in [0.2, 0.25) is 0 Å². The van der Waals surface area contributed by atoms with Crippen LogP contribution in [-0.4, -0.2) is 32.5 Å². The first-order valence-corrected chi connectivity index (χ1v) is 5.20. The third kappa shape index (κ3) is 1.88. The van der Waals surface area contributed by atoms with E-state index in [0.717, 1.165) is 6.07 Å². The Kier molecular flexibility index (Phi) is 2.83. The number of halogens is 1. The van der Waals surface area contributed by atoms with Gasteiger partial charge in [-0.2, -0.15) is 0 Å². The second-order valence-corrected chi connectivity index (χ2v) is 3.93. The first kappa shape index (κ1) is 11.6. The van der Waals surface area contributed by atoms with Crippen LogP contribution in [0.25, 0.3) is 0 Å². The van der Waals surface area contributed by atoms with Gasteiger partial charge in [-0.1, -0.05) is 0 Å². The molecule has 1 heterocycles. The van der Waals surface area contributed by atoms with Gasteiger partial charge in [0, 0.05) is 20.0 Å². The predicted molar refractivity (Wildman–Crippen MR) is 60.0 cm³/mol. The van der Waals surface area contributed by atoms with Gasteiger partial charge in [-0.05, 0) is 12.1 Å². The van der Waals surface area contributed by atoms with Gasteiger partial charge in [-0.25, -0.2) is 9.18 Å². The minimum absolute atomic E-state index is 0.000880. The Bertz CT molecular complexity index is 499. The van der Waals surface area contributed by atoms with E-state index in [9.17, 15) is 14.0 Å². The van der Waals surface area contributed by atoms with E-state index in [-0.39, 0.29) is 16.9 Å². The summed E-state index contributed by atoms with van der Waals surface area (Å²) < 4.78 is 18.0. The number of carbonyl (C=O) groups excluding carboxylic acids is 2. The largest absolute Gasteiger partial charge is 0.465 e. The molecule has 0 atom stereocenters. The van der Waals surface area contributed by atoms with Gasteiger partial charge in [-0.3, -0.25) is 4.79 Å². The Morgan fingerprint density at radius 2 is 2.18 bits per heavy atom. The monoisotopic (exact) mass is 237 g/mol. The van der Waals surface area contributed by atoms with Gasteiger partial charge in [-0.15, -0.1) is 0 Å². The highest BCUT2D eigenvalue weighted by atomic mass is 19.1. The maximum atomic E-state index is 13.4. The van der Waals surface area contributed by atoms with Crippen LogP contribution >= 0.6 is 0 Å². The lowest BCUT2D eigenvalue weighted by atomic mass is 9.95. The van der Waals surface area contributed by atoms with Crippen molar-refractivity contribution in [2.24, 2.45) is 0 Å². The summed E-state index contributed by atoms with van der Waals surface area (Å²) in [6.07, 6.45) is 0.319. The lowest BCUT2D eigenvalue weighted by Crippen LogP contribution is -2.30. The Balaban J connectivity index is 2.68. The van der Waals surface area contributed by atoms with Gasteiger partial charge >= 0.3 is 5.97 Å². The summed E-state index contributed by atoms with van der Waals surface area (Å²) in [4.78, 5) is 25.1. The van der Waals surface area contributed by atoms with Crippen LogP contribution in [0.5, 0.6) is 0 Å². The highest BCUT2D eigenvalue weighted by molar-refractivity contribution is 6.11. The molecule has 0 amide bonds. The topological polar surface area (TPSA) is 46.6 Å². The van der Waals surface area contributed by atoms with E-state index in [1.165, 1.54) is 13.2 Å². The van der Waals surface area contributed by atoms with E-state index in [4.69, 9.17) is 0 Å². The second kappa shape index (κ2) is 4.16. The van der Waals surface area contributed by atoms with Crippen molar-refractivity contribution in [1.82, 2.24) is 0 Å². The molecular weight excluding hydrogens is 225 g/mol. The summed E-state index contributed by atoms with van der Waals surface area (Å²) in [6, 6.07) is 2.31. The average Bonchev–Trinajstić information content (AvgIpc) is 2.32. The minimum Gasteiger partial charge on any atom is -0.465 e. The van der Waals surface area contributed by atoms with E-state index < -0.39 is 11.8 Å². The van der Waals surface area contributed by atoms with Crippen LogP contribution < -0.4 is 4.90 Å². The molecule has 0 N–H and O–H groups in total. The number of nitrogens with zero attached hydrogens (tertiary/aromatic N) is 1. The lowest BCUT2D eigenvalue weighted by Gasteiger charge is -2.27. The Morgan fingerprint density at radius 3 is 2.82 bits per heavy atom. The highest BCUT2D eigenvalue weighted by Crippen LogP contribution is 2.30. The van der Waals surface area contributed by atoms with Crippen molar-refractivity contribution in [3.8, 4) is 0 Å². The van der Waals surface area contributed by atoms with Crippen molar-refractivity contribution in [1.29, 1.82) is 0 Å². The zero-order valence-electron chi connectivity index (χ0n) is 9.62. The summed E-state index contributed by atoms with van der Waals surface area (Å²) in [5, 5.41) is 0. The normalized spacial score (nSPS) is 14.5. The number of hydrogen-bond donors (Lipinski definition) is 0. The fourth-order valence-corrected chi connectivity index (χ4v) is 1.97. The lowest BCUT2D eigenvalue weighted by molar-refractivity contribution is 0.0596. The van der Waals surface area contributed by atoms with E-state index in [1.807, 2.05) is 0 Å². The fraction of sp³-hybridized carbons (Fsp3) is 0.333. The highest BCUT2D eigenvalue weighted by Gasteiger charge is 2.28. The van der Waals surface area contributed by atoms with Gasteiger partial charge in [0.15, 0.2) is 5.78 Å². The van der Waals surface area contributed by atoms with E-state index >= 15 is 0 Å². The van der Waals surface area contributed by atoms with Crippen LogP contribution in [0.2, 0.25) is 0 Å². The van der Waals surface area contributed by atoms with E-state index in [0.29, 0.717) is 18.7 Å². The maximum absolute atomic E-state index is 13.4. The molecule has 1 aliphatic rings. The van der Waals surface area contributed by atoms with Gasteiger partial charge < -0.3 is 9.64 Å². The molecule has 0 aromatic heterocycles. The SMILES string of the molecule is COC(=O)c1cc(F)cc2c1C(=O)CCN2C. The molecule has 5 heteroatoms. The number of ketones is 1. The number of methoxy groups -OCH3 is 1. The zero-order valence-corrected chi connectivity index (χ0v) is 9.62. The molecule has 1 aromatic rings. The smallest absolute Gasteiger partial charge is 0.338 e. The van der Waals surface area contributed by atoms with E-state index in [2.05, 4.69) is 4.74 Å². The molecule has 0 bridgehead atoms. The molecule has 0 radical (unpaired) electrons. The summed E-state index contributed by atoms with van der Waals surface area (Å²) in [6.45, 7) is 0.524. The molecule has 0 unspecified atom stereocenters. The second-order valence-electron chi connectivity index (χ2n) is 3.93. The maximum Gasteiger partial charge on any atom is 0.338 e. The van der Waals surface area contributed by atoms with Crippen LogP contribution in [0.1, 0.15) is 27.1 Å². The molecule has 1 aromatic carbocycles. The summed E-state index contributed by atoms with van der Waals surface area (Å²) in [5.41, 5.74) is 0.702. The van der Waals surface area contributed by atoms with Crippen LogP contribution in [-0.2, 0) is 4.74 Å². The third-order valence-corrected chi connectivity index (χ3v) is 2.85. The zero-order chi connectivity index (χ0) is 12.6. The number of ether oxygens (including phenoxy) is 1. The quantitative estimate of drug-likeness (QED) is 0.696. The number of esters is 1. The third-order valence-electron chi connectivity index (χ3n) is 2.85. The van der Waals surface area contributed by atoms with Crippen molar-refractivity contribution in [3.63, 3.8) is 0 Å². The van der Waals surface area contributed by atoms with Crippen molar-refractivity contribution in [3.05, 3.63) is 29.1 Å². The number of fused-ring (bicyclic) bond motifs is 1. The molecule has 0 saturated heterocycles. The molecule has 90 valence electrons. The molecule has 0 saturated carbocycles. The average molecular weight is 237 g/mol. The molecule has 0 spiro atoms. The van der Waals surface area contributed by atoms with Crippen LogP contribution in [0.4, 0.5) is 10.1 Å². The van der Waals surface area contributed by atoms with Crippen molar-refractivity contribution in [2.45, 2.75) is 6.42 Å². The van der Waals surface area contributed by atoms with Gasteiger partial charge in [0.05, 0.1) is 23.9 Å². The fourth-order valence-electron chi connectivity index (χ4n) is 1.97. The minimum atomic E-state index is -0.690. The summed E-state index contributed by atoms with van der Waals surface area (Å²) in [5.74, 6) is -1.39. The Hall–Kier alpha value is -1.91. The number of Topliss-reactive ketones (excluding diaryl/α,β-unsaturated/α-hetero) is 1. The van der Waals surface area contributed by atoms with Crippen molar-refractivity contribution in [2.75, 3.05) is 25.6 Å². The number of benzene rings is 1. The first-order valence-electron chi connectivity index (χ1n) is 5.20. The van der Waals surface area contributed by atoms with Gasteiger partial charge in [0.25, 0.3) is 0 Å². The van der Waals surface area contributed by atoms with E-state index in [1.54, 1.807) is 11.9 Å². The molecule has 1 aliphatic heterocycles. The molecular formula is C12H12FNO3. The van der Waals surface area contributed by atoms with Crippen LogP contribution in [0.15, 0.2) is 12.1 Å². The molecule has 0 aliphatic carbocycles. The number of carbonyl (C=O) groups is 2. The first-order chi connectivity index (χ1) is 8.04. The van der Waals surface area contributed by atoms with Gasteiger partial charge in [0.1, 0.15) is 5.82 Å². The standard InChI is InChI=1S/C12H12FNO3/c1-14-4-3-10(15)11-8(12(16)17-2)5-7(13)6-9(11)14/h5-6H,3-4H2,1-2H3. The number of anilines is 1. The van der Waals surface area contributed by atoms with Crippen molar-refractivity contribution < 1.29 is 18.7 Å². The molecule has 4 nitrogen and oxygen atoms in total. The van der Waals surface area contributed by atoms with Crippen molar-refractivity contribution >= 4 is 17.4 Å². The molecule has 17 heavy (non-hydrogen) atoms. The Morgan fingerprint density at radius 1 is 1.47 bits per heavy atom. The summed E-state index contributed by atoms with van der Waals surface area (Å²) >= 11 is 0. The summed E-state index contributed by atoms with van der Waals surface area (Å²) in [7, 11) is 2.96. The van der Waals surface area contributed by atoms with Crippen LogP contribution in [0, 0.1) is 5.82 Å². The van der Waals surface area contributed by atoms with Crippen LogP contribution in [0.3, 0.4) is 0 Å². The number of hydrogen-bond acceptors (Lipinski definition) is 4.